The number of hydrogen-bond acceptors (Lipinski definition) is 3. The second-order valence-corrected chi connectivity index (χ2v) is 4.93. The molecule has 17 heavy (non-hydrogen) atoms. The molecule has 0 saturated heterocycles. The number of carbonyl (C=O) groups excluding carboxylic acids is 1. The van der Waals surface area contributed by atoms with Gasteiger partial charge in [0.25, 0.3) is 0 Å². The van der Waals surface area contributed by atoms with Gasteiger partial charge < -0.3 is 15.5 Å². The molecule has 2 N–H and O–H groups in total. The van der Waals surface area contributed by atoms with Crippen LogP contribution in [0.3, 0.4) is 0 Å². The summed E-state index contributed by atoms with van der Waals surface area (Å²) in [6.45, 7) is 3.76. The fraction of sp³-hybridized carbons (Fsp3) is 0.571. The van der Waals surface area contributed by atoms with Crippen LogP contribution in [0.5, 0.6) is 0 Å². The Hall–Kier alpha value is -1.38. The molecule has 1 aliphatic rings. The quantitative estimate of drug-likeness (QED) is 0.422. The van der Waals surface area contributed by atoms with Gasteiger partial charge >= 0.3 is 0 Å². The molecule has 0 atom stereocenters. The highest BCUT2D eigenvalue weighted by Crippen LogP contribution is 2.44. The van der Waals surface area contributed by atoms with Gasteiger partial charge in [-0.25, -0.2) is 0 Å². The van der Waals surface area contributed by atoms with Gasteiger partial charge in [-0.1, -0.05) is 12.5 Å². The van der Waals surface area contributed by atoms with Crippen LogP contribution in [-0.4, -0.2) is 19.0 Å². The molecule has 3 nitrogen and oxygen atoms in total. The van der Waals surface area contributed by atoms with E-state index in [4.69, 9.17) is 5.41 Å². The number of rotatable bonds is 6. The number of aldehydes is 1. The van der Waals surface area contributed by atoms with Crippen molar-refractivity contribution in [1.29, 1.82) is 5.41 Å². The van der Waals surface area contributed by atoms with Crippen LogP contribution in [0.15, 0.2) is 23.4 Å². The van der Waals surface area contributed by atoms with Gasteiger partial charge in [-0.2, -0.15) is 0 Å². The normalized spacial score (nSPS) is 19.5. The summed E-state index contributed by atoms with van der Waals surface area (Å²) < 4.78 is 0. The predicted molar refractivity (Wildman–Crippen MR) is 71.3 cm³/mol. The van der Waals surface area contributed by atoms with Crippen LogP contribution in [0.4, 0.5) is 0 Å². The van der Waals surface area contributed by atoms with Crippen LogP contribution < -0.4 is 5.32 Å². The lowest BCUT2D eigenvalue weighted by Crippen LogP contribution is -2.31. The van der Waals surface area contributed by atoms with Gasteiger partial charge in [0.15, 0.2) is 0 Å². The lowest BCUT2D eigenvalue weighted by Gasteiger charge is -2.37. The zero-order valence-electron chi connectivity index (χ0n) is 11.0. The van der Waals surface area contributed by atoms with Crippen molar-refractivity contribution in [3.05, 3.63) is 23.4 Å². The van der Waals surface area contributed by atoms with Crippen LogP contribution in [0.1, 0.15) is 39.5 Å². The Morgan fingerprint density at radius 2 is 2.00 bits per heavy atom. The van der Waals surface area contributed by atoms with Gasteiger partial charge in [-0.05, 0) is 44.8 Å². The number of carbonyl (C=O) groups is 1. The lowest BCUT2D eigenvalue weighted by molar-refractivity contribution is -0.120. The summed E-state index contributed by atoms with van der Waals surface area (Å²) in [5.41, 5.74) is 2.59. The van der Waals surface area contributed by atoms with E-state index in [1.165, 1.54) is 0 Å². The molecule has 1 fully saturated rings. The minimum atomic E-state index is -0.145. The van der Waals surface area contributed by atoms with Gasteiger partial charge in [0.05, 0.1) is 0 Å². The van der Waals surface area contributed by atoms with E-state index >= 15 is 0 Å². The summed E-state index contributed by atoms with van der Waals surface area (Å²) in [5.74, 6) is 0. The van der Waals surface area contributed by atoms with E-state index in [2.05, 4.69) is 5.32 Å². The molecule has 0 radical (unpaired) electrons. The topological polar surface area (TPSA) is 53.0 Å². The Balaban J connectivity index is 2.85. The smallest absolute Gasteiger partial charge is 0.126 e. The molecule has 3 heteroatoms. The molecule has 0 aromatic rings. The molecule has 1 saturated carbocycles. The van der Waals surface area contributed by atoms with Crippen LogP contribution >= 0.6 is 0 Å². The Morgan fingerprint density at radius 1 is 1.35 bits per heavy atom. The van der Waals surface area contributed by atoms with E-state index in [0.717, 1.165) is 43.2 Å². The van der Waals surface area contributed by atoms with E-state index in [1.807, 2.05) is 20.0 Å². The summed E-state index contributed by atoms with van der Waals surface area (Å²) >= 11 is 0. The summed E-state index contributed by atoms with van der Waals surface area (Å²) in [4.78, 5) is 11.2. The Bertz CT molecular complexity index is 362. The minimum Gasteiger partial charge on any atom is -0.391 e. The first kappa shape index (κ1) is 13.7. The maximum Gasteiger partial charge on any atom is 0.126 e. The van der Waals surface area contributed by atoms with Crippen LogP contribution in [-0.2, 0) is 4.79 Å². The van der Waals surface area contributed by atoms with Gasteiger partial charge in [0, 0.05) is 23.9 Å². The zero-order valence-corrected chi connectivity index (χ0v) is 11.0. The zero-order chi connectivity index (χ0) is 12.9. The average molecular weight is 234 g/mol. The van der Waals surface area contributed by atoms with E-state index in [1.54, 1.807) is 13.0 Å². The highest BCUT2D eigenvalue weighted by Gasteiger charge is 2.37. The highest BCUT2D eigenvalue weighted by molar-refractivity contribution is 5.90. The molecule has 1 rings (SSSR count). The van der Waals surface area contributed by atoms with Gasteiger partial charge in [0.2, 0.25) is 0 Å². The van der Waals surface area contributed by atoms with Crippen molar-refractivity contribution in [3.8, 4) is 0 Å². The van der Waals surface area contributed by atoms with E-state index in [-0.39, 0.29) is 5.41 Å². The standard InChI is InChI=1S/C14H22N2O/c1-11(15)5-6-13(12(2)16-3)9-14(10-17)7-4-8-14/h5-6,10,15-16H,4,7-9H2,1-3H3/b6-5-,13-12-,15-11?. The third kappa shape index (κ3) is 3.55. The summed E-state index contributed by atoms with van der Waals surface area (Å²) in [6.07, 6.45) is 8.78. The number of allylic oxidation sites excluding steroid dienone is 4. The van der Waals surface area contributed by atoms with Crippen molar-refractivity contribution >= 4 is 12.0 Å². The molecular formula is C14H22N2O. The lowest BCUT2D eigenvalue weighted by atomic mass is 9.66. The highest BCUT2D eigenvalue weighted by atomic mass is 16.1. The largest absolute Gasteiger partial charge is 0.391 e. The molecule has 94 valence electrons. The van der Waals surface area contributed by atoms with E-state index < -0.39 is 0 Å². The van der Waals surface area contributed by atoms with E-state index in [9.17, 15) is 4.79 Å². The van der Waals surface area contributed by atoms with Crippen molar-refractivity contribution < 1.29 is 4.79 Å². The molecule has 0 aromatic carbocycles. The second-order valence-electron chi connectivity index (χ2n) is 4.93. The van der Waals surface area contributed by atoms with Crippen molar-refractivity contribution in [2.75, 3.05) is 7.05 Å². The van der Waals surface area contributed by atoms with E-state index in [0.29, 0.717) is 5.71 Å². The number of nitrogens with one attached hydrogen (secondary N) is 2. The van der Waals surface area contributed by atoms with Crippen LogP contribution in [0, 0.1) is 10.8 Å². The first-order valence-electron chi connectivity index (χ1n) is 6.10. The van der Waals surface area contributed by atoms with Gasteiger partial charge in [0.1, 0.15) is 6.29 Å². The summed E-state index contributed by atoms with van der Waals surface area (Å²) in [5, 5.41) is 10.5. The fourth-order valence-corrected chi connectivity index (χ4v) is 2.05. The third-order valence-corrected chi connectivity index (χ3v) is 3.53. The van der Waals surface area contributed by atoms with Crippen molar-refractivity contribution in [3.63, 3.8) is 0 Å². The maximum absolute atomic E-state index is 11.2. The number of hydrogen-bond donors (Lipinski definition) is 2. The third-order valence-electron chi connectivity index (χ3n) is 3.53. The summed E-state index contributed by atoms with van der Waals surface area (Å²) in [6, 6.07) is 0. The Kier molecular flexibility index (Phi) is 4.67. The molecule has 0 unspecified atom stereocenters. The first-order valence-corrected chi connectivity index (χ1v) is 6.10. The van der Waals surface area contributed by atoms with Crippen LogP contribution in [0.2, 0.25) is 0 Å². The predicted octanol–water partition coefficient (Wildman–Crippen LogP) is 2.83. The monoisotopic (exact) mass is 234 g/mol. The molecular weight excluding hydrogens is 212 g/mol. The molecule has 0 spiro atoms. The molecule has 0 heterocycles. The fourth-order valence-electron chi connectivity index (χ4n) is 2.05. The molecule has 0 aliphatic heterocycles. The first-order chi connectivity index (χ1) is 8.03. The molecule has 0 amide bonds. The Labute approximate surface area is 103 Å². The second kappa shape index (κ2) is 5.80. The molecule has 0 aromatic heterocycles. The average Bonchev–Trinajstić information content (AvgIpc) is 2.26. The van der Waals surface area contributed by atoms with Crippen molar-refractivity contribution in [2.24, 2.45) is 5.41 Å². The molecule has 1 aliphatic carbocycles. The Morgan fingerprint density at radius 3 is 2.35 bits per heavy atom. The van der Waals surface area contributed by atoms with Crippen molar-refractivity contribution in [1.82, 2.24) is 5.32 Å². The maximum atomic E-state index is 11.2. The minimum absolute atomic E-state index is 0.145. The van der Waals surface area contributed by atoms with Gasteiger partial charge in [-0.3, -0.25) is 0 Å². The van der Waals surface area contributed by atoms with Crippen molar-refractivity contribution in [2.45, 2.75) is 39.5 Å². The molecule has 0 bridgehead atoms. The van der Waals surface area contributed by atoms with Gasteiger partial charge in [-0.15, -0.1) is 0 Å². The summed E-state index contributed by atoms with van der Waals surface area (Å²) in [7, 11) is 1.88. The SMILES string of the molecule is CN/C(C)=C(/C=C\C(C)=N)CC1(C=O)CCC1. The van der Waals surface area contributed by atoms with Crippen LogP contribution in [0.25, 0.3) is 0 Å².